The zero-order chi connectivity index (χ0) is 66.9. The van der Waals surface area contributed by atoms with Crippen LogP contribution in [0.4, 0.5) is 5.82 Å². The number of allylic oxidation sites excluding steroid dienone is 1. The number of anilines is 1. The second-order valence-electron chi connectivity index (χ2n) is 32.1. The Morgan fingerprint density at radius 3 is 1.50 bits per heavy atom. The minimum absolute atomic E-state index is 0.0382. The monoisotopic (exact) mass is 1230 g/mol. The highest BCUT2D eigenvalue weighted by molar-refractivity contribution is 6.26. The topological polar surface area (TPSA) is 193 Å². The fourth-order valence-corrected chi connectivity index (χ4v) is 14.1. The van der Waals surface area contributed by atoms with E-state index in [1.54, 1.807) is 7.11 Å². The van der Waals surface area contributed by atoms with Crippen molar-refractivity contribution >= 4 is 47.5 Å². The zero-order valence-electron chi connectivity index (χ0n) is 60.1. The number of hydrogen-bond donors (Lipinski definition) is 3. The molecule has 0 spiro atoms. The Bertz CT molecular complexity index is 2570. The molecule has 2 fully saturated rings. The number of carbonyl (C=O) groups excluding carboxylic acids is 5. The van der Waals surface area contributed by atoms with Gasteiger partial charge < -0.3 is 44.0 Å². The Balaban J connectivity index is 2.08. The zero-order valence-corrected chi connectivity index (χ0v) is 60.1. The van der Waals surface area contributed by atoms with Crippen LogP contribution in [0.3, 0.4) is 0 Å². The lowest BCUT2D eigenvalue weighted by molar-refractivity contribution is -0.164. The van der Waals surface area contributed by atoms with Gasteiger partial charge in [0.05, 0.1) is 44.1 Å². The standard InChI is InChI=1S/C73H124N4O11/c1-27-71(24,25)66(82)85-34-32-33-72(28-2,29-3)64(80)76-60-56(62(78)87-58-48(67(12,13)14)39-46(10)40-49(58)68(15,16)17)54(44(6)7)52(74-60)43-53-55(45(8)9)57(61(75-53)77-65(81)73(30-4,31-5)86-38-37-84-36-35-83-26)63(79)88-59-50(69(18,19)20)41-47(11)42-51(59)70(21,22)23/h43-51,58-59,75H,27-42H2,1-26H3,(H,77,81)(H,74,76,80). The molecule has 2 saturated carbocycles. The normalized spacial score (nSPS) is 23.2. The number of aromatic amines is 1. The van der Waals surface area contributed by atoms with Crippen molar-refractivity contribution in [2.24, 2.45) is 78.9 Å². The second kappa shape index (κ2) is 30.9. The van der Waals surface area contributed by atoms with Gasteiger partial charge in [0.2, 0.25) is 5.91 Å². The van der Waals surface area contributed by atoms with Gasteiger partial charge in [-0.25, -0.2) is 14.6 Å². The summed E-state index contributed by atoms with van der Waals surface area (Å²) in [4.78, 5) is 83.8. The summed E-state index contributed by atoms with van der Waals surface area (Å²) in [5.41, 5.74) is -1.18. The molecule has 15 heteroatoms. The van der Waals surface area contributed by atoms with Gasteiger partial charge >= 0.3 is 17.9 Å². The number of nitrogens with one attached hydrogen (secondary N) is 3. The molecular weight excluding hydrogens is 1110 g/mol. The lowest BCUT2D eigenvalue weighted by Crippen LogP contribution is -2.50. The van der Waals surface area contributed by atoms with E-state index in [0.717, 1.165) is 25.7 Å². The summed E-state index contributed by atoms with van der Waals surface area (Å²) < 4.78 is 37.2. The lowest BCUT2D eigenvalue weighted by atomic mass is 9.59. The van der Waals surface area contributed by atoms with Crippen LogP contribution in [0.1, 0.15) is 271 Å². The molecule has 1 aromatic rings. The number of ether oxygens (including phenoxy) is 6. The Hall–Kier alpha value is -4.34. The average molecular weight is 1230 g/mol. The van der Waals surface area contributed by atoms with E-state index in [1.165, 1.54) is 0 Å². The van der Waals surface area contributed by atoms with Gasteiger partial charge in [-0.15, -0.1) is 0 Å². The maximum absolute atomic E-state index is 15.8. The third-order valence-electron chi connectivity index (χ3n) is 20.4. The van der Waals surface area contributed by atoms with Crippen molar-refractivity contribution in [1.29, 1.82) is 0 Å². The summed E-state index contributed by atoms with van der Waals surface area (Å²) >= 11 is 0. The van der Waals surface area contributed by atoms with Crippen LogP contribution in [0.15, 0.2) is 21.8 Å². The number of carbonyl (C=O) groups is 5. The van der Waals surface area contributed by atoms with Crippen molar-refractivity contribution in [1.82, 2.24) is 10.3 Å². The summed E-state index contributed by atoms with van der Waals surface area (Å²) in [5.74, 6) is -1.51. The molecule has 502 valence electrons. The first-order valence-corrected chi connectivity index (χ1v) is 33.9. The molecule has 3 aliphatic rings. The molecule has 3 N–H and O–H groups in total. The van der Waals surface area contributed by atoms with E-state index in [1.807, 2.05) is 82.2 Å². The van der Waals surface area contributed by atoms with Crippen LogP contribution in [-0.4, -0.2) is 98.5 Å². The lowest BCUT2D eigenvalue weighted by Gasteiger charge is -2.50. The maximum Gasteiger partial charge on any atom is 0.342 e. The number of amides is 2. The van der Waals surface area contributed by atoms with Gasteiger partial charge in [-0.05, 0) is 147 Å². The van der Waals surface area contributed by atoms with Crippen molar-refractivity contribution in [2.45, 2.75) is 267 Å². The first-order chi connectivity index (χ1) is 40.6. The van der Waals surface area contributed by atoms with Crippen LogP contribution in [0.25, 0.3) is 6.08 Å². The SMILES string of the molecule is CCC(C)(C)C(=O)OCCCC(CC)(CC)C(=O)NC1=NC(=Cc2[nH]c(NC(=O)C(CC)(CC)OCCOCCOC)c(C(=O)OC3C(C(C)(C)C)CC(C)CC3C(C)(C)C)c2C(C)C)C(C(C)C)=C1C(=O)OC1C(C(C)(C)C)CC(C)CC1C(C)(C)C. The third kappa shape index (κ3) is 18.5. The molecule has 2 amide bonds. The summed E-state index contributed by atoms with van der Waals surface area (Å²) in [6.45, 7) is 54.2. The number of hydrogen-bond acceptors (Lipinski definition) is 12. The third-order valence-corrected chi connectivity index (χ3v) is 20.4. The Labute approximate surface area is 533 Å². The number of aliphatic imine (C=N–C) groups is 1. The van der Waals surface area contributed by atoms with Crippen LogP contribution >= 0.6 is 0 Å². The molecule has 88 heavy (non-hydrogen) atoms. The number of amidine groups is 1. The van der Waals surface area contributed by atoms with Gasteiger partial charge in [-0.3, -0.25) is 14.4 Å². The van der Waals surface area contributed by atoms with Crippen molar-refractivity contribution < 1.29 is 52.4 Å². The average Bonchev–Trinajstić information content (AvgIpc) is 1.60. The van der Waals surface area contributed by atoms with E-state index in [2.05, 4.69) is 113 Å². The highest BCUT2D eigenvalue weighted by atomic mass is 16.6. The number of aromatic nitrogens is 1. The van der Waals surface area contributed by atoms with E-state index >= 15 is 19.2 Å². The molecule has 4 rings (SSSR count). The number of rotatable bonds is 27. The van der Waals surface area contributed by atoms with Crippen molar-refractivity contribution in [3.8, 4) is 0 Å². The van der Waals surface area contributed by atoms with Crippen molar-refractivity contribution in [3.05, 3.63) is 33.7 Å². The Morgan fingerprint density at radius 1 is 0.602 bits per heavy atom. The van der Waals surface area contributed by atoms with Crippen molar-refractivity contribution in [2.75, 3.05) is 45.5 Å². The molecule has 1 aliphatic heterocycles. The summed E-state index contributed by atoms with van der Waals surface area (Å²) in [7, 11) is 1.61. The van der Waals surface area contributed by atoms with Crippen LogP contribution in [0.2, 0.25) is 0 Å². The number of methoxy groups -OCH3 is 1. The van der Waals surface area contributed by atoms with Gasteiger partial charge in [0.15, 0.2) is 0 Å². The molecule has 4 atom stereocenters. The second-order valence-corrected chi connectivity index (χ2v) is 32.1. The maximum atomic E-state index is 15.8. The van der Waals surface area contributed by atoms with Gasteiger partial charge in [-0.2, -0.15) is 0 Å². The molecule has 0 bridgehead atoms. The summed E-state index contributed by atoms with van der Waals surface area (Å²) in [5, 5.41) is 6.43. The highest BCUT2D eigenvalue weighted by Crippen LogP contribution is 2.52. The van der Waals surface area contributed by atoms with Gasteiger partial charge in [0.1, 0.15) is 40.6 Å². The van der Waals surface area contributed by atoms with Crippen molar-refractivity contribution in [3.63, 3.8) is 0 Å². The fraction of sp³-hybridized carbons (Fsp3) is 0.808. The van der Waals surface area contributed by atoms with Crippen LogP contribution in [0, 0.1) is 73.9 Å². The van der Waals surface area contributed by atoms with Gasteiger partial charge in [-0.1, -0.05) is 159 Å². The molecule has 0 aromatic carbocycles. The number of nitrogens with zero attached hydrogens (tertiary/aromatic N) is 1. The van der Waals surface area contributed by atoms with E-state index < -0.39 is 46.5 Å². The Kier molecular flexibility index (Phi) is 26.7. The largest absolute Gasteiger partial charge is 0.465 e. The number of H-pyrrole nitrogens is 1. The van der Waals surface area contributed by atoms with Gasteiger partial charge in [0, 0.05) is 41.9 Å². The highest BCUT2D eigenvalue weighted by Gasteiger charge is 2.51. The molecule has 0 saturated heterocycles. The molecule has 4 unspecified atom stereocenters. The minimum Gasteiger partial charge on any atom is -0.465 e. The van der Waals surface area contributed by atoms with Crippen LogP contribution in [0.5, 0.6) is 0 Å². The van der Waals surface area contributed by atoms with E-state index in [9.17, 15) is 4.79 Å². The molecule has 15 nitrogen and oxygen atoms in total. The summed E-state index contributed by atoms with van der Waals surface area (Å²) in [6.07, 6.45) is 7.69. The van der Waals surface area contributed by atoms with Crippen LogP contribution < -0.4 is 10.6 Å². The minimum atomic E-state index is -1.29. The molecule has 1 aromatic heterocycles. The van der Waals surface area contributed by atoms with E-state index in [4.69, 9.17) is 33.4 Å². The summed E-state index contributed by atoms with van der Waals surface area (Å²) in [6, 6.07) is 0. The van der Waals surface area contributed by atoms with E-state index in [0.29, 0.717) is 92.5 Å². The predicted octanol–water partition coefficient (Wildman–Crippen LogP) is 16.6. The number of esters is 3. The first kappa shape index (κ1) is 76.1. The predicted molar refractivity (Wildman–Crippen MR) is 356 cm³/mol. The molecule has 2 aliphatic carbocycles. The van der Waals surface area contributed by atoms with E-state index in [-0.39, 0.29) is 112 Å². The quantitative estimate of drug-likeness (QED) is 0.0431. The smallest absolute Gasteiger partial charge is 0.342 e. The molecular formula is C73H124N4O11. The van der Waals surface area contributed by atoms with Gasteiger partial charge in [0.25, 0.3) is 5.91 Å². The molecule has 2 heterocycles. The van der Waals surface area contributed by atoms with Crippen LogP contribution in [-0.2, 0) is 47.6 Å². The molecule has 0 radical (unpaired) electrons. The Morgan fingerprint density at radius 2 is 1.08 bits per heavy atom. The first-order valence-electron chi connectivity index (χ1n) is 33.9. The fourth-order valence-electron chi connectivity index (χ4n) is 14.1.